The maximum atomic E-state index is 12.4. The third kappa shape index (κ3) is 2.66. The Hall–Kier alpha value is -2.09. The van der Waals surface area contributed by atoms with E-state index in [1.54, 1.807) is 24.3 Å². The fraction of sp³-hybridized carbons (Fsp3) is 0.357. The zero-order valence-electron chi connectivity index (χ0n) is 11.7. The highest BCUT2D eigenvalue weighted by atomic mass is 79.9. The number of urea groups is 2. The van der Waals surface area contributed by atoms with Gasteiger partial charge in [-0.3, -0.25) is 4.79 Å². The van der Waals surface area contributed by atoms with Crippen LogP contribution in [0.5, 0.6) is 0 Å². The van der Waals surface area contributed by atoms with E-state index in [9.17, 15) is 14.4 Å². The zero-order chi connectivity index (χ0) is 15.7. The van der Waals surface area contributed by atoms with Crippen molar-refractivity contribution >= 4 is 39.6 Å². The Morgan fingerprint density at radius 1 is 1.18 bits per heavy atom. The van der Waals surface area contributed by atoms with Crippen molar-refractivity contribution in [1.82, 2.24) is 15.8 Å². The van der Waals surface area contributed by atoms with Crippen molar-refractivity contribution in [2.75, 3.05) is 5.32 Å². The van der Waals surface area contributed by atoms with E-state index < -0.39 is 17.6 Å². The first-order valence-corrected chi connectivity index (χ1v) is 7.79. The third-order valence-electron chi connectivity index (χ3n) is 3.93. The molecule has 116 valence electrons. The van der Waals surface area contributed by atoms with E-state index in [-0.39, 0.29) is 5.91 Å². The molecular weight excluding hydrogens is 352 g/mol. The number of hydrogen-bond donors (Lipinski definition) is 3. The van der Waals surface area contributed by atoms with Crippen LogP contribution in [0.15, 0.2) is 28.7 Å². The SMILES string of the molecule is O=C(Nc1ccc(Br)cc1)NN1C(=O)NC2(CCCC2)C1=O. The normalized spacial score (nSPS) is 19.4. The van der Waals surface area contributed by atoms with Crippen LogP contribution in [0.1, 0.15) is 25.7 Å². The van der Waals surface area contributed by atoms with Gasteiger partial charge in [0.25, 0.3) is 5.91 Å². The second-order valence-corrected chi connectivity index (χ2v) is 6.35. The third-order valence-corrected chi connectivity index (χ3v) is 4.46. The average Bonchev–Trinajstić information content (AvgIpc) is 3.03. The number of benzene rings is 1. The number of hydrazine groups is 1. The predicted octanol–water partition coefficient (Wildman–Crippen LogP) is 2.35. The molecular formula is C14H15BrN4O3. The van der Waals surface area contributed by atoms with Crippen LogP contribution in [0.2, 0.25) is 0 Å². The van der Waals surface area contributed by atoms with Gasteiger partial charge >= 0.3 is 12.1 Å². The van der Waals surface area contributed by atoms with Gasteiger partial charge in [0.05, 0.1) is 0 Å². The Morgan fingerprint density at radius 2 is 1.82 bits per heavy atom. The topological polar surface area (TPSA) is 90.5 Å². The van der Waals surface area contributed by atoms with Crippen molar-refractivity contribution in [2.24, 2.45) is 0 Å². The minimum atomic E-state index is -0.831. The quantitative estimate of drug-likeness (QED) is 0.701. The van der Waals surface area contributed by atoms with E-state index in [4.69, 9.17) is 0 Å². The minimum Gasteiger partial charge on any atom is -0.322 e. The molecule has 1 aromatic carbocycles. The number of carbonyl (C=O) groups is 3. The summed E-state index contributed by atoms with van der Waals surface area (Å²) in [4.78, 5) is 36.2. The lowest BCUT2D eigenvalue weighted by atomic mass is 9.98. The van der Waals surface area contributed by atoms with Crippen molar-refractivity contribution in [3.63, 3.8) is 0 Å². The number of amides is 5. The first-order valence-electron chi connectivity index (χ1n) is 7.00. The van der Waals surface area contributed by atoms with Gasteiger partial charge in [-0.25, -0.2) is 15.0 Å². The fourth-order valence-electron chi connectivity index (χ4n) is 2.83. The van der Waals surface area contributed by atoms with Crippen LogP contribution in [-0.4, -0.2) is 28.5 Å². The Kier molecular flexibility index (Phi) is 3.78. The molecule has 2 aliphatic rings. The van der Waals surface area contributed by atoms with Crippen LogP contribution in [0.3, 0.4) is 0 Å². The Bertz CT molecular complexity index is 625. The van der Waals surface area contributed by atoms with Gasteiger partial charge in [-0.15, -0.1) is 0 Å². The molecule has 22 heavy (non-hydrogen) atoms. The molecule has 1 aliphatic carbocycles. The van der Waals surface area contributed by atoms with Crippen LogP contribution >= 0.6 is 15.9 Å². The Labute approximate surface area is 135 Å². The smallest absolute Gasteiger partial charge is 0.322 e. The molecule has 5 amide bonds. The van der Waals surface area contributed by atoms with E-state index in [0.717, 1.165) is 22.3 Å². The van der Waals surface area contributed by atoms with Crippen LogP contribution in [-0.2, 0) is 4.79 Å². The second kappa shape index (κ2) is 5.60. The van der Waals surface area contributed by atoms with Crippen molar-refractivity contribution in [2.45, 2.75) is 31.2 Å². The average molecular weight is 367 g/mol. The molecule has 1 aliphatic heterocycles. The molecule has 0 radical (unpaired) electrons. The van der Waals surface area contributed by atoms with Gasteiger partial charge in [-0.1, -0.05) is 28.8 Å². The summed E-state index contributed by atoms with van der Waals surface area (Å²) < 4.78 is 0.885. The van der Waals surface area contributed by atoms with E-state index in [1.807, 2.05) is 0 Å². The molecule has 8 heteroatoms. The van der Waals surface area contributed by atoms with Gasteiger partial charge in [0, 0.05) is 10.2 Å². The molecule has 0 aromatic heterocycles. The standard InChI is InChI=1S/C14H15BrN4O3/c15-9-3-5-10(6-4-9)16-12(21)18-19-11(20)14(17-13(19)22)7-1-2-8-14/h3-6H,1-2,7-8H2,(H,17,22)(H2,16,18,21). The Balaban J connectivity index is 1.65. The number of carbonyl (C=O) groups excluding carboxylic acids is 3. The molecule has 0 unspecified atom stereocenters. The highest BCUT2D eigenvalue weighted by Gasteiger charge is 2.53. The zero-order valence-corrected chi connectivity index (χ0v) is 13.3. The maximum Gasteiger partial charge on any atom is 0.344 e. The summed E-state index contributed by atoms with van der Waals surface area (Å²) in [6, 6.07) is 5.73. The predicted molar refractivity (Wildman–Crippen MR) is 82.9 cm³/mol. The summed E-state index contributed by atoms with van der Waals surface area (Å²) >= 11 is 3.30. The van der Waals surface area contributed by atoms with Crippen molar-refractivity contribution < 1.29 is 14.4 Å². The molecule has 0 bridgehead atoms. The lowest BCUT2D eigenvalue weighted by molar-refractivity contribution is -0.132. The number of nitrogens with one attached hydrogen (secondary N) is 3. The number of anilines is 1. The molecule has 7 nitrogen and oxygen atoms in total. The molecule has 3 N–H and O–H groups in total. The van der Waals surface area contributed by atoms with E-state index in [2.05, 4.69) is 32.0 Å². The summed E-state index contributed by atoms with van der Waals surface area (Å²) in [5.41, 5.74) is 2.03. The van der Waals surface area contributed by atoms with Gasteiger partial charge in [0.2, 0.25) is 0 Å². The molecule has 1 aromatic rings. The number of imide groups is 1. The lowest BCUT2D eigenvalue weighted by Gasteiger charge is -2.20. The lowest BCUT2D eigenvalue weighted by Crippen LogP contribution is -2.50. The molecule has 2 fully saturated rings. The van der Waals surface area contributed by atoms with Crippen molar-refractivity contribution in [1.29, 1.82) is 0 Å². The first-order chi connectivity index (χ1) is 10.5. The van der Waals surface area contributed by atoms with Crippen LogP contribution < -0.4 is 16.1 Å². The van der Waals surface area contributed by atoms with E-state index in [1.165, 1.54) is 0 Å². The van der Waals surface area contributed by atoms with E-state index in [0.29, 0.717) is 18.5 Å². The molecule has 0 atom stereocenters. The van der Waals surface area contributed by atoms with Crippen LogP contribution in [0.25, 0.3) is 0 Å². The van der Waals surface area contributed by atoms with Crippen molar-refractivity contribution in [3.05, 3.63) is 28.7 Å². The van der Waals surface area contributed by atoms with E-state index >= 15 is 0 Å². The van der Waals surface area contributed by atoms with Crippen LogP contribution in [0, 0.1) is 0 Å². The molecule has 1 saturated heterocycles. The first kappa shape index (κ1) is 14.8. The summed E-state index contributed by atoms with van der Waals surface area (Å²) in [5.74, 6) is -0.388. The summed E-state index contributed by atoms with van der Waals surface area (Å²) in [6.45, 7) is 0. The maximum absolute atomic E-state index is 12.4. The molecule has 1 spiro atoms. The fourth-order valence-corrected chi connectivity index (χ4v) is 3.10. The monoisotopic (exact) mass is 366 g/mol. The largest absolute Gasteiger partial charge is 0.344 e. The van der Waals surface area contributed by atoms with Crippen LogP contribution in [0.4, 0.5) is 15.3 Å². The molecule has 3 rings (SSSR count). The second-order valence-electron chi connectivity index (χ2n) is 5.43. The van der Waals surface area contributed by atoms with Gasteiger partial charge in [0.1, 0.15) is 5.54 Å². The summed E-state index contributed by atoms with van der Waals surface area (Å²) in [6.07, 6.45) is 3.02. The molecule has 1 saturated carbocycles. The van der Waals surface area contributed by atoms with Gasteiger partial charge in [-0.05, 0) is 37.1 Å². The van der Waals surface area contributed by atoms with Gasteiger partial charge in [-0.2, -0.15) is 5.01 Å². The number of rotatable bonds is 2. The van der Waals surface area contributed by atoms with Crippen molar-refractivity contribution in [3.8, 4) is 0 Å². The number of halogens is 1. The minimum absolute atomic E-state index is 0.388. The van der Waals surface area contributed by atoms with Gasteiger partial charge in [0.15, 0.2) is 0 Å². The Morgan fingerprint density at radius 3 is 2.45 bits per heavy atom. The highest BCUT2D eigenvalue weighted by molar-refractivity contribution is 9.10. The number of nitrogens with zero attached hydrogens (tertiary/aromatic N) is 1. The van der Waals surface area contributed by atoms with Gasteiger partial charge < -0.3 is 10.6 Å². The number of hydrogen-bond acceptors (Lipinski definition) is 3. The summed E-state index contributed by atoms with van der Waals surface area (Å²) in [7, 11) is 0. The molecule has 1 heterocycles. The highest BCUT2D eigenvalue weighted by Crippen LogP contribution is 2.34. The summed E-state index contributed by atoms with van der Waals surface area (Å²) in [5, 5.41) is 6.03.